The van der Waals surface area contributed by atoms with E-state index in [1.165, 1.54) is 4.88 Å². The van der Waals surface area contributed by atoms with Gasteiger partial charge in [-0.05, 0) is 43.1 Å². The lowest BCUT2D eigenvalue weighted by atomic mass is 10.0. The minimum absolute atomic E-state index is 0.121. The van der Waals surface area contributed by atoms with Gasteiger partial charge in [-0.15, -0.1) is 34.4 Å². The van der Waals surface area contributed by atoms with Crippen molar-refractivity contribution in [2.24, 2.45) is 0 Å². The van der Waals surface area contributed by atoms with Gasteiger partial charge in [-0.25, -0.2) is 0 Å². The molecular formula is C15H16N2O2S3. The molecule has 0 saturated heterocycles. The fourth-order valence-electron chi connectivity index (χ4n) is 2.61. The molecule has 0 saturated carbocycles. The molecule has 0 amide bonds. The van der Waals surface area contributed by atoms with Crippen LogP contribution in [0.1, 0.15) is 15.0 Å². The van der Waals surface area contributed by atoms with Crippen LogP contribution >= 0.6 is 34.4 Å². The molecule has 3 rings (SSSR count). The molecule has 0 unspecified atom stereocenters. The molecule has 22 heavy (non-hydrogen) atoms. The third-order valence-corrected chi connectivity index (χ3v) is 7.20. The lowest BCUT2D eigenvalue weighted by molar-refractivity contribution is -0.527. The van der Waals surface area contributed by atoms with Crippen molar-refractivity contribution in [2.45, 2.75) is 17.3 Å². The van der Waals surface area contributed by atoms with E-state index in [9.17, 15) is 10.1 Å². The van der Waals surface area contributed by atoms with Crippen LogP contribution in [0.25, 0.3) is 4.91 Å². The van der Waals surface area contributed by atoms with Gasteiger partial charge in [-0.1, -0.05) is 12.1 Å². The van der Waals surface area contributed by atoms with E-state index in [1.807, 2.05) is 54.0 Å². The normalized spacial score (nSPS) is 25.2. The first-order valence-corrected chi connectivity index (χ1v) is 9.47. The smallest absolute Gasteiger partial charge is 0.248 e. The molecule has 3 heterocycles. The largest absolute Gasteiger partial charge is 0.297 e. The topological polar surface area (TPSA) is 46.4 Å². The Balaban J connectivity index is 2.05. The summed E-state index contributed by atoms with van der Waals surface area (Å²) in [7, 11) is 3.82. The molecule has 0 radical (unpaired) electrons. The van der Waals surface area contributed by atoms with Crippen molar-refractivity contribution < 1.29 is 4.92 Å². The maximum absolute atomic E-state index is 11.7. The fraction of sp³-hybridized carbons (Fsp3) is 0.333. The van der Waals surface area contributed by atoms with Gasteiger partial charge in [0.1, 0.15) is 5.25 Å². The number of hydrogen-bond donors (Lipinski definition) is 0. The van der Waals surface area contributed by atoms with E-state index >= 15 is 0 Å². The summed E-state index contributed by atoms with van der Waals surface area (Å²) in [5.74, 6) is 0. The monoisotopic (exact) mass is 352 g/mol. The predicted molar refractivity (Wildman–Crippen MR) is 95.2 cm³/mol. The zero-order valence-electron chi connectivity index (χ0n) is 12.2. The maximum Gasteiger partial charge on any atom is 0.248 e. The van der Waals surface area contributed by atoms with Crippen LogP contribution in [0.15, 0.2) is 41.1 Å². The van der Waals surface area contributed by atoms with Crippen molar-refractivity contribution in [3.05, 3.63) is 61.0 Å². The van der Waals surface area contributed by atoms with Gasteiger partial charge in [0.2, 0.25) is 6.04 Å². The molecule has 0 spiro atoms. The highest BCUT2D eigenvalue weighted by molar-refractivity contribution is 8.08. The lowest BCUT2D eigenvalue weighted by Gasteiger charge is -2.33. The first kappa shape index (κ1) is 15.7. The minimum atomic E-state index is -0.637. The van der Waals surface area contributed by atoms with Crippen molar-refractivity contribution in [2.75, 3.05) is 14.1 Å². The Morgan fingerprint density at radius 1 is 1.18 bits per heavy atom. The summed E-state index contributed by atoms with van der Waals surface area (Å²) in [6, 6.07) is 7.22. The predicted octanol–water partition coefficient (Wildman–Crippen LogP) is 4.21. The highest BCUT2D eigenvalue weighted by Gasteiger charge is 2.45. The standard InChI is InChI=1S/C15H16N2O2S3/c1-16(2)10-9-13(11-5-3-7-20-11)22-15(14(10)17(18)19)12-6-4-8-21-12/h3-10,14-15H,1-2H3/t10-,14+,15-/m0/s1. The van der Waals surface area contributed by atoms with Crippen molar-refractivity contribution in [3.63, 3.8) is 0 Å². The molecule has 0 bridgehead atoms. The van der Waals surface area contributed by atoms with E-state index in [0.717, 1.165) is 9.78 Å². The quantitative estimate of drug-likeness (QED) is 0.611. The molecule has 2 aromatic heterocycles. The molecule has 2 aromatic rings. The van der Waals surface area contributed by atoms with Crippen molar-refractivity contribution >= 4 is 39.3 Å². The molecule has 0 N–H and O–H groups in total. The number of thioether (sulfide) groups is 1. The Hall–Kier alpha value is -1.15. The van der Waals surface area contributed by atoms with Crippen LogP contribution < -0.4 is 0 Å². The number of thiophene rings is 2. The van der Waals surface area contributed by atoms with Gasteiger partial charge in [-0.2, -0.15) is 0 Å². The minimum Gasteiger partial charge on any atom is -0.297 e. The van der Waals surface area contributed by atoms with Crippen LogP contribution in [-0.2, 0) is 0 Å². The summed E-state index contributed by atoms with van der Waals surface area (Å²) in [6.45, 7) is 0. The molecule has 0 aromatic carbocycles. The number of hydrogen-bond acceptors (Lipinski definition) is 6. The van der Waals surface area contributed by atoms with Crippen molar-refractivity contribution in [1.29, 1.82) is 0 Å². The van der Waals surface area contributed by atoms with Gasteiger partial charge < -0.3 is 0 Å². The molecule has 4 nitrogen and oxygen atoms in total. The van der Waals surface area contributed by atoms with Gasteiger partial charge in [0.25, 0.3) is 0 Å². The average molecular weight is 353 g/mol. The van der Waals surface area contributed by atoms with Crippen molar-refractivity contribution in [3.8, 4) is 0 Å². The van der Waals surface area contributed by atoms with E-state index in [0.29, 0.717) is 0 Å². The van der Waals surface area contributed by atoms with Crippen LogP contribution in [0, 0.1) is 10.1 Å². The zero-order valence-corrected chi connectivity index (χ0v) is 14.7. The molecule has 3 atom stereocenters. The van der Waals surface area contributed by atoms with Crippen LogP contribution in [0.4, 0.5) is 0 Å². The first-order valence-electron chi connectivity index (χ1n) is 6.83. The van der Waals surface area contributed by atoms with Crippen molar-refractivity contribution in [1.82, 2.24) is 4.90 Å². The number of rotatable bonds is 4. The Morgan fingerprint density at radius 3 is 2.45 bits per heavy atom. The van der Waals surface area contributed by atoms with E-state index in [1.54, 1.807) is 34.4 Å². The Kier molecular flexibility index (Phi) is 4.67. The van der Waals surface area contributed by atoms with E-state index in [-0.39, 0.29) is 16.2 Å². The summed E-state index contributed by atoms with van der Waals surface area (Å²) in [4.78, 5) is 16.9. The highest BCUT2D eigenvalue weighted by Crippen LogP contribution is 2.50. The fourth-order valence-corrected chi connectivity index (χ4v) is 5.87. The molecular weight excluding hydrogens is 336 g/mol. The Morgan fingerprint density at radius 2 is 1.91 bits per heavy atom. The second kappa shape index (κ2) is 6.54. The van der Waals surface area contributed by atoms with Crippen LogP contribution in [0.3, 0.4) is 0 Å². The number of likely N-dealkylation sites (N-methyl/N-ethyl adjacent to an activating group) is 1. The zero-order chi connectivity index (χ0) is 15.7. The van der Waals surface area contributed by atoms with Gasteiger partial charge in [0.05, 0.1) is 6.04 Å². The maximum atomic E-state index is 11.7. The lowest BCUT2D eigenvalue weighted by Crippen LogP contribution is -2.46. The Bertz CT molecular complexity index is 665. The summed E-state index contributed by atoms with van der Waals surface area (Å²) in [6.07, 6.45) is 2.05. The van der Waals surface area contributed by atoms with Gasteiger partial charge in [0.15, 0.2) is 0 Å². The van der Waals surface area contributed by atoms with E-state index in [4.69, 9.17) is 0 Å². The SMILES string of the molecule is CN(C)[C@H]1C=C(c2cccs2)S[C@@H](c2cccs2)[C@@H]1[N+](=O)[O-]. The molecule has 116 valence electrons. The second-order valence-corrected chi connectivity index (χ2v) is 8.40. The van der Waals surface area contributed by atoms with Crippen LogP contribution in [0.2, 0.25) is 0 Å². The van der Waals surface area contributed by atoms with E-state index < -0.39 is 6.04 Å². The second-order valence-electron chi connectivity index (χ2n) is 5.29. The van der Waals surface area contributed by atoms with Gasteiger partial charge >= 0.3 is 0 Å². The molecule has 7 heteroatoms. The average Bonchev–Trinajstić information content (AvgIpc) is 3.18. The molecule has 1 aliphatic rings. The third-order valence-electron chi connectivity index (χ3n) is 3.66. The molecule has 0 fully saturated rings. The van der Waals surface area contributed by atoms with Crippen LogP contribution in [-0.4, -0.2) is 36.0 Å². The van der Waals surface area contributed by atoms with Crippen LogP contribution in [0.5, 0.6) is 0 Å². The summed E-state index contributed by atoms with van der Waals surface area (Å²) < 4.78 is 0. The van der Waals surface area contributed by atoms with Gasteiger partial charge in [0, 0.05) is 19.6 Å². The summed E-state index contributed by atoms with van der Waals surface area (Å²) in [5, 5.41) is 15.6. The first-order chi connectivity index (χ1) is 10.6. The summed E-state index contributed by atoms with van der Waals surface area (Å²) in [5.41, 5.74) is 0. The highest BCUT2D eigenvalue weighted by atomic mass is 32.2. The third kappa shape index (κ3) is 2.99. The Labute approximate surface area is 141 Å². The molecule has 0 aliphatic carbocycles. The van der Waals surface area contributed by atoms with Gasteiger partial charge in [-0.3, -0.25) is 15.0 Å². The molecule has 1 aliphatic heterocycles. The summed E-state index contributed by atoms with van der Waals surface area (Å²) >= 11 is 4.89. The number of nitro groups is 1. The number of nitrogens with zero attached hydrogens (tertiary/aromatic N) is 2. The van der Waals surface area contributed by atoms with E-state index in [2.05, 4.69) is 6.07 Å².